The van der Waals surface area contributed by atoms with Crippen molar-refractivity contribution in [2.24, 2.45) is 0 Å². The smallest absolute Gasteiger partial charge is 0.305 e. The van der Waals surface area contributed by atoms with Crippen molar-refractivity contribution in [2.45, 2.75) is 19.3 Å². The van der Waals surface area contributed by atoms with Crippen LogP contribution < -0.4 is 0 Å². The van der Waals surface area contributed by atoms with Crippen LogP contribution in [0.25, 0.3) is 0 Å². The van der Waals surface area contributed by atoms with Crippen molar-refractivity contribution in [3.05, 3.63) is 35.9 Å². The molecule has 0 unspecified atom stereocenters. The molecule has 21 heavy (non-hydrogen) atoms. The Morgan fingerprint density at radius 3 is 2.38 bits per heavy atom. The van der Waals surface area contributed by atoms with E-state index >= 15 is 0 Å². The number of rotatable bonds is 11. The quantitative estimate of drug-likeness (QED) is 0.356. The van der Waals surface area contributed by atoms with Gasteiger partial charge in [-0.3, -0.25) is 9.59 Å². The fourth-order valence-electron chi connectivity index (χ4n) is 1.69. The van der Waals surface area contributed by atoms with Gasteiger partial charge in [-0.05, 0) is 6.42 Å². The van der Waals surface area contributed by atoms with E-state index in [-0.39, 0.29) is 24.8 Å². The molecule has 5 heteroatoms. The topological polar surface area (TPSA) is 61.8 Å². The normalized spacial score (nSPS) is 10.3. The number of Topliss-reactive ketones (excluding diaryl/α,β-unsaturated/α-hetero) is 1. The van der Waals surface area contributed by atoms with E-state index in [4.69, 9.17) is 14.2 Å². The third kappa shape index (κ3) is 8.22. The lowest BCUT2D eigenvalue weighted by Gasteiger charge is -2.05. The summed E-state index contributed by atoms with van der Waals surface area (Å²) in [4.78, 5) is 23.2. The molecular formula is C16H22O5. The molecule has 0 aliphatic carbocycles. The highest BCUT2D eigenvalue weighted by molar-refractivity contribution is 5.96. The minimum atomic E-state index is -0.300. The Morgan fingerprint density at radius 1 is 0.952 bits per heavy atom. The Bertz CT molecular complexity index is 416. The Kier molecular flexibility index (Phi) is 9.08. The molecule has 1 rings (SSSR count). The highest BCUT2D eigenvalue weighted by Crippen LogP contribution is 2.07. The van der Waals surface area contributed by atoms with Gasteiger partial charge in [0.25, 0.3) is 0 Å². The fraction of sp³-hybridized carbons (Fsp3) is 0.500. The molecule has 0 N–H and O–H groups in total. The van der Waals surface area contributed by atoms with Gasteiger partial charge in [-0.1, -0.05) is 30.3 Å². The van der Waals surface area contributed by atoms with E-state index in [2.05, 4.69) is 0 Å². The maximum absolute atomic E-state index is 11.8. The highest BCUT2D eigenvalue weighted by atomic mass is 16.6. The molecule has 1 aromatic rings. The van der Waals surface area contributed by atoms with E-state index in [1.54, 1.807) is 19.2 Å². The average molecular weight is 294 g/mol. The van der Waals surface area contributed by atoms with Gasteiger partial charge in [0, 0.05) is 25.5 Å². The molecule has 5 nitrogen and oxygen atoms in total. The first kappa shape index (κ1) is 17.3. The number of carbonyl (C=O) groups excluding carboxylic acids is 2. The predicted octanol–water partition coefficient (Wildman–Crippen LogP) is 2.25. The second-order valence-electron chi connectivity index (χ2n) is 4.47. The molecule has 0 aliphatic heterocycles. The molecule has 0 radical (unpaired) electrons. The van der Waals surface area contributed by atoms with Crippen LogP contribution in [0.5, 0.6) is 0 Å². The largest absolute Gasteiger partial charge is 0.463 e. The zero-order valence-electron chi connectivity index (χ0n) is 12.4. The molecule has 1 aromatic carbocycles. The molecule has 0 saturated carbocycles. The van der Waals surface area contributed by atoms with Crippen molar-refractivity contribution in [1.82, 2.24) is 0 Å². The van der Waals surface area contributed by atoms with Crippen LogP contribution in [0, 0.1) is 0 Å². The molecule has 0 bridgehead atoms. The minimum Gasteiger partial charge on any atom is -0.463 e. The number of methoxy groups -OCH3 is 1. The Hall–Kier alpha value is -1.72. The van der Waals surface area contributed by atoms with Crippen molar-refractivity contribution in [3.8, 4) is 0 Å². The molecule has 0 heterocycles. The summed E-state index contributed by atoms with van der Waals surface area (Å²) in [7, 11) is 1.60. The molecule has 0 amide bonds. The third-order valence-electron chi connectivity index (χ3n) is 2.80. The second-order valence-corrected chi connectivity index (χ2v) is 4.47. The van der Waals surface area contributed by atoms with E-state index < -0.39 is 0 Å². The molecule has 0 atom stereocenters. The highest BCUT2D eigenvalue weighted by Gasteiger charge is 2.08. The third-order valence-corrected chi connectivity index (χ3v) is 2.80. The zero-order chi connectivity index (χ0) is 15.3. The van der Waals surface area contributed by atoms with E-state index in [1.165, 1.54) is 0 Å². The van der Waals surface area contributed by atoms with Gasteiger partial charge in [0.1, 0.15) is 6.61 Å². The molecule has 116 valence electrons. The van der Waals surface area contributed by atoms with Gasteiger partial charge in [-0.25, -0.2) is 0 Å². The summed E-state index contributed by atoms with van der Waals surface area (Å²) in [5, 5.41) is 0. The average Bonchev–Trinajstić information content (AvgIpc) is 2.51. The first-order chi connectivity index (χ1) is 10.2. The summed E-state index contributed by atoms with van der Waals surface area (Å²) in [6.45, 7) is 1.60. The second kappa shape index (κ2) is 11.0. The standard InChI is InChI=1S/C16H22O5/c1-19-10-11-20-12-13-21-16(18)9-5-8-15(17)14-6-3-2-4-7-14/h2-4,6-7H,5,8-13H2,1H3. The number of hydrogen-bond acceptors (Lipinski definition) is 5. The van der Waals surface area contributed by atoms with E-state index in [9.17, 15) is 9.59 Å². The summed E-state index contributed by atoms with van der Waals surface area (Å²) in [6, 6.07) is 9.06. The molecule has 0 aromatic heterocycles. The van der Waals surface area contributed by atoms with Crippen LogP contribution in [0.2, 0.25) is 0 Å². The van der Waals surface area contributed by atoms with Crippen LogP contribution in [-0.2, 0) is 19.0 Å². The summed E-state index contributed by atoms with van der Waals surface area (Å²) in [6.07, 6.45) is 1.09. The van der Waals surface area contributed by atoms with Crippen LogP contribution >= 0.6 is 0 Å². The SMILES string of the molecule is COCCOCCOC(=O)CCCC(=O)c1ccccc1. The van der Waals surface area contributed by atoms with E-state index in [1.807, 2.05) is 18.2 Å². The summed E-state index contributed by atoms with van der Waals surface area (Å²) in [5.74, 6) is -0.252. The Balaban J connectivity index is 2.04. The fourth-order valence-corrected chi connectivity index (χ4v) is 1.69. The molecule has 0 spiro atoms. The minimum absolute atomic E-state index is 0.0475. The lowest BCUT2D eigenvalue weighted by Crippen LogP contribution is -2.12. The van der Waals surface area contributed by atoms with Crippen molar-refractivity contribution in [3.63, 3.8) is 0 Å². The number of hydrogen-bond donors (Lipinski definition) is 0. The van der Waals surface area contributed by atoms with E-state index in [0.717, 1.165) is 0 Å². The number of ether oxygens (including phenoxy) is 3. The van der Waals surface area contributed by atoms with Crippen LogP contribution in [-0.4, -0.2) is 45.3 Å². The monoisotopic (exact) mass is 294 g/mol. The Morgan fingerprint density at radius 2 is 1.67 bits per heavy atom. The van der Waals surface area contributed by atoms with Crippen LogP contribution in [0.1, 0.15) is 29.6 Å². The van der Waals surface area contributed by atoms with Gasteiger partial charge in [0.05, 0.1) is 19.8 Å². The van der Waals surface area contributed by atoms with Gasteiger partial charge in [-0.15, -0.1) is 0 Å². The van der Waals surface area contributed by atoms with Gasteiger partial charge in [0.2, 0.25) is 0 Å². The molecule has 0 saturated heterocycles. The zero-order valence-corrected chi connectivity index (χ0v) is 12.4. The molecule has 0 fully saturated rings. The van der Waals surface area contributed by atoms with Gasteiger partial charge < -0.3 is 14.2 Å². The number of ketones is 1. The molecular weight excluding hydrogens is 272 g/mol. The summed E-state index contributed by atoms with van der Waals surface area (Å²) < 4.78 is 15.0. The first-order valence-corrected chi connectivity index (χ1v) is 7.04. The van der Waals surface area contributed by atoms with Gasteiger partial charge in [0.15, 0.2) is 5.78 Å². The van der Waals surface area contributed by atoms with Gasteiger partial charge in [-0.2, -0.15) is 0 Å². The van der Waals surface area contributed by atoms with Crippen LogP contribution in [0.3, 0.4) is 0 Å². The molecule has 0 aliphatic rings. The number of carbonyl (C=O) groups is 2. The van der Waals surface area contributed by atoms with Gasteiger partial charge >= 0.3 is 5.97 Å². The predicted molar refractivity (Wildman–Crippen MR) is 78.3 cm³/mol. The van der Waals surface area contributed by atoms with Crippen LogP contribution in [0.15, 0.2) is 30.3 Å². The summed E-state index contributed by atoms with van der Waals surface area (Å²) >= 11 is 0. The Labute approximate surface area is 125 Å². The maximum Gasteiger partial charge on any atom is 0.305 e. The number of esters is 1. The lowest BCUT2D eigenvalue weighted by molar-refractivity contribution is -0.145. The van der Waals surface area contributed by atoms with Crippen molar-refractivity contribution in [1.29, 1.82) is 0 Å². The van der Waals surface area contributed by atoms with Crippen LogP contribution in [0.4, 0.5) is 0 Å². The van der Waals surface area contributed by atoms with Crippen molar-refractivity contribution < 1.29 is 23.8 Å². The maximum atomic E-state index is 11.8. The van der Waals surface area contributed by atoms with E-state index in [0.29, 0.717) is 38.2 Å². The lowest BCUT2D eigenvalue weighted by atomic mass is 10.1. The summed E-state index contributed by atoms with van der Waals surface area (Å²) in [5.41, 5.74) is 0.678. The van der Waals surface area contributed by atoms with Crippen molar-refractivity contribution >= 4 is 11.8 Å². The first-order valence-electron chi connectivity index (χ1n) is 7.04. The van der Waals surface area contributed by atoms with Crippen molar-refractivity contribution in [2.75, 3.05) is 33.5 Å². The number of benzene rings is 1.